The molecule has 9 nitrogen and oxygen atoms in total. The van der Waals surface area contributed by atoms with Crippen molar-refractivity contribution in [2.24, 2.45) is 9.98 Å². The summed E-state index contributed by atoms with van der Waals surface area (Å²) in [5.41, 5.74) is 2.36. The van der Waals surface area contributed by atoms with Crippen molar-refractivity contribution < 1.29 is 9.59 Å². The van der Waals surface area contributed by atoms with Crippen molar-refractivity contribution in [2.75, 3.05) is 0 Å². The van der Waals surface area contributed by atoms with Gasteiger partial charge in [-0.2, -0.15) is 4.99 Å². The molecule has 1 fully saturated rings. The van der Waals surface area contributed by atoms with Crippen molar-refractivity contribution in [3.8, 4) is 0 Å². The van der Waals surface area contributed by atoms with Crippen LogP contribution in [0.2, 0.25) is 5.02 Å². The lowest BCUT2D eigenvalue weighted by atomic mass is 9.95. The van der Waals surface area contributed by atoms with Gasteiger partial charge < -0.3 is 5.32 Å². The van der Waals surface area contributed by atoms with Crippen molar-refractivity contribution >= 4 is 57.5 Å². The third-order valence-electron chi connectivity index (χ3n) is 7.25. The highest BCUT2D eigenvalue weighted by Crippen LogP contribution is 2.36. The lowest BCUT2D eigenvalue weighted by molar-refractivity contribution is -0.123. The molecule has 4 heterocycles. The fourth-order valence-electron chi connectivity index (χ4n) is 5.33. The van der Waals surface area contributed by atoms with Crippen LogP contribution in [0.1, 0.15) is 56.2 Å². The van der Waals surface area contributed by atoms with Crippen LogP contribution < -0.4 is 10.9 Å². The molecule has 3 aromatic rings. The molecule has 11 heteroatoms. The summed E-state index contributed by atoms with van der Waals surface area (Å²) in [5.74, 6) is 0.599. The van der Waals surface area contributed by atoms with Crippen molar-refractivity contribution in [1.29, 1.82) is 0 Å². The maximum atomic E-state index is 13.1. The van der Waals surface area contributed by atoms with Crippen LogP contribution in [0, 0.1) is 0 Å². The van der Waals surface area contributed by atoms with Crippen molar-refractivity contribution in [2.45, 2.75) is 62.8 Å². The summed E-state index contributed by atoms with van der Waals surface area (Å²) in [6, 6.07) is 12.0. The number of halogens is 1. The van der Waals surface area contributed by atoms with Crippen LogP contribution >= 0.6 is 23.4 Å². The molecule has 3 aliphatic rings. The molecule has 1 atom stereocenters. The normalized spacial score (nSPS) is 18.9. The first-order valence-corrected chi connectivity index (χ1v) is 14.5. The zero-order valence-corrected chi connectivity index (χ0v) is 22.7. The number of pyridine rings is 1. The number of hydrogen-bond donors (Lipinski definition) is 1. The fourth-order valence-corrected chi connectivity index (χ4v) is 6.43. The smallest absolute Gasteiger partial charge is 0.270 e. The molecule has 2 aliphatic heterocycles. The second-order valence-electron chi connectivity index (χ2n) is 9.96. The molecule has 2 aromatic heterocycles. The number of aliphatic imine (C=N–C) groups is 2. The van der Waals surface area contributed by atoms with Gasteiger partial charge in [0, 0.05) is 36.0 Å². The monoisotopic (exact) mass is 562 g/mol. The quantitative estimate of drug-likeness (QED) is 0.475. The van der Waals surface area contributed by atoms with E-state index in [1.807, 2.05) is 29.2 Å². The fraction of sp³-hybridized carbons (Fsp3) is 0.357. The van der Waals surface area contributed by atoms with E-state index in [-0.39, 0.29) is 29.8 Å². The Balaban J connectivity index is 1.22. The molecule has 200 valence electrons. The summed E-state index contributed by atoms with van der Waals surface area (Å²) < 4.78 is 1.41. The lowest BCUT2D eigenvalue weighted by Gasteiger charge is -2.31. The number of thioether (sulfide) groups is 1. The van der Waals surface area contributed by atoms with E-state index in [9.17, 15) is 14.4 Å². The molecule has 1 aliphatic carbocycles. The molecule has 1 saturated carbocycles. The van der Waals surface area contributed by atoms with Crippen molar-refractivity contribution in [3.63, 3.8) is 0 Å². The Bertz CT molecular complexity index is 1580. The topological polar surface area (TPSA) is 108 Å². The molecular formula is C28H27ClN6O3S. The zero-order chi connectivity index (χ0) is 26.9. The standard InChI is InChI=1S/C28H27ClN6O3S/c29-17-10-12-23-30-19(14-25(37)34(23)15-17)16-39-28-32-21-9-5-4-8-20(21)26-33-27(38)22(35(26)28)11-13-24(36)31-18-6-2-1-3-7-18/h4-5,8-10,12,14-15,18,22H,1-3,6-7,11,13,16H2,(H,31,36). The predicted octanol–water partition coefficient (Wildman–Crippen LogP) is 4.47. The largest absolute Gasteiger partial charge is 0.353 e. The van der Waals surface area contributed by atoms with Gasteiger partial charge >= 0.3 is 0 Å². The van der Waals surface area contributed by atoms with E-state index in [4.69, 9.17) is 16.6 Å². The Labute approximate surface area is 234 Å². The number of para-hydroxylation sites is 1. The van der Waals surface area contributed by atoms with E-state index in [2.05, 4.69) is 15.3 Å². The average molecular weight is 563 g/mol. The molecule has 6 rings (SSSR count). The Morgan fingerprint density at radius 1 is 1.08 bits per heavy atom. The van der Waals surface area contributed by atoms with E-state index in [0.717, 1.165) is 36.9 Å². The molecule has 1 unspecified atom stereocenters. The second kappa shape index (κ2) is 10.9. The first-order valence-electron chi connectivity index (χ1n) is 13.2. The average Bonchev–Trinajstić information content (AvgIpc) is 3.27. The van der Waals surface area contributed by atoms with Gasteiger partial charge in [0.2, 0.25) is 5.91 Å². The van der Waals surface area contributed by atoms with Crippen LogP contribution in [0.4, 0.5) is 5.69 Å². The number of rotatable bonds is 6. The first kappa shape index (κ1) is 25.8. The van der Waals surface area contributed by atoms with Crippen LogP contribution in [0.15, 0.2) is 63.4 Å². The Morgan fingerprint density at radius 3 is 2.74 bits per heavy atom. The van der Waals surface area contributed by atoms with Gasteiger partial charge in [-0.3, -0.25) is 23.7 Å². The predicted molar refractivity (Wildman–Crippen MR) is 153 cm³/mol. The van der Waals surface area contributed by atoms with Crippen LogP contribution in [0.3, 0.4) is 0 Å². The number of amidine groups is 2. The van der Waals surface area contributed by atoms with Crippen molar-refractivity contribution in [1.82, 2.24) is 19.6 Å². The minimum absolute atomic E-state index is 0.0346. The minimum atomic E-state index is -0.617. The van der Waals surface area contributed by atoms with Crippen LogP contribution in [0.5, 0.6) is 0 Å². The zero-order valence-electron chi connectivity index (χ0n) is 21.2. The van der Waals surface area contributed by atoms with E-state index in [1.54, 1.807) is 18.3 Å². The maximum absolute atomic E-state index is 13.1. The number of nitrogens with zero attached hydrogens (tertiary/aromatic N) is 5. The first-order chi connectivity index (χ1) is 19.0. The summed E-state index contributed by atoms with van der Waals surface area (Å²) in [7, 11) is 0. The third kappa shape index (κ3) is 5.35. The van der Waals surface area contributed by atoms with E-state index >= 15 is 0 Å². The van der Waals surface area contributed by atoms with Crippen LogP contribution in [-0.2, 0) is 15.3 Å². The van der Waals surface area contributed by atoms with Gasteiger partial charge in [0.25, 0.3) is 11.5 Å². The highest BCUT2D eigenvalue weighted by molar-refractivity contribution is 8.13. The number of carbonyl (C=O) groups is 2. The van der Waals surface area contributed by atoms with Gasteiger partial charge in [0.15, 0.2) is 5.17 Å². The summed E-state index contributed by atoms with van der Waals surface area (Å²) in [6.07, 6.45) is 7.63. The van der Waals surface area contributed by atoms with Gasteiger partial charge in [-0.15, -0.1) is 0 Å². The summed E-state index contributed by atoms with van der Waals surface area (Å²) in [4.78, 5) is 54.2. The number of nitrogens with one attached hydrogen (secondary N) is 1. The van der Waals surface area contributed by atoms with Crippen LogP contribution in [0.25, 0.3) is 5.65 Å². The SMILES string of the molecule is O=C(CCC1C(=O)N=C2c3ccccc3N=C(SCc3cc(=O)n4cc(Cl)ccc4n3)N21)NC1CCCCC1. The lowest BCUT2D eigenvalue weighted by Crippen LogP contribution is -2.44. The van der Waals surface area contributed by atoms with Gasteiger partial charge in [0.1, 0.15) is 17.5 Å². The Hall–Kier alpha value is -3.50. The van der Waals surface area contributed by atoms with Gasteiger partial charge in [-0.25, -0.2) is 9.98 Å². The van der Waals surface area contributed by atoms with Gasteiger partial charge in [0.05, 0.1) is 16.4 Å². The highest BCUT2D eigenvalue weighted by Gasteiger charge is 2.41. The number of fused-ring (bicyclic) bond motifs is 4. The molecule has 39 heavy (non-hydrogen) atoms. The summed E-state index contributed by atoms with van der Waals surface area (Å²) in [5, 5.41) is 4.18. The van der Waals surface area contributed by atoms with Gasteiger partial charge in [-0.05, 0) is 43.5 Å². The molecule has 0 saturated heterocycles. The molecule has 1 N–H and O–H groups in total. The number of carbonyl (C=O) groups excluding carboxylic acids is 2. The molecule has 0 bridgehead atoms. The maximum Gasteiger partial charge on any atom is 0.270 e. The number of hydrogen-bond acceptors (Lipinski definition) is 7. The number of aromatic nitrogens is 2. The third-order valence-corrected chi connectivity index (χ3v) is 8.46. The molecule has 0 spiro atoms. The molecule has 1 aromatic carbocycles. The molecule has 0 radical (unpaired) electrons. The summed E-state index contributed by atoms with van der Waals surface area (Å²) in [6.45, 7) is 0. The van der Waals surface area contributed by atoms with Gasteiger partial charge in [-0.1, -0.05) is 54.8 Å². The van der Waals surface area contributed by atoms with Crippen LogP contribution in [-0.4, -0.2) is 49.2 Å². The number of amides is 2. The Morgan fingerprint density at radius 2 is 1.90 bits per heavy atom. The van der Waals surface area contributed by atoms with E-state index < -0.39 is 6.04 Å². The Kier molecular flexibility index (Phi) is 7.22. The summed E-state index contributed by atoms with van der Waals surface area (Å²) >= 11 is 7.41. The van der Waals surface area contributed by atoms with E-state index in [0.29, 0.717) is 39.5 Å². The molecular weight excluding hydrogens is 536 g/mol. The highest BCUT2D eigenvalue weighted by atomic mass is 35.5. The van der Waals surface area contributed by atoms with Crippen molar-refractivity contribution in [3.05, 3.63) is 75.3 Å². The van der Waals surface area contributed by atoms with E-state index in [1.165, 1.54) is 28.6 Å². The minimum Gasteiger partial charge on any atom is -0.353 e. The number of benzene rings is 1. The second-order valence-corrected chi connectivity index (χ2v) is 11.3. The molecule has 2 amide bonds.